The zero-order chi connectivity index (χ0) is 26.2. The number of carbonyl (C=O) groups excluding carboxylic acids is 1. The maximum absolute atomic E-state index is 13.0. The summed E-state index contributed by atoms with van der Waals surface area (Å²) in [6, 6.07) is 12.1. The second-order valence-electron chi connectivity index (χ2n) is 11.0. The van der Waals surface area contributed by atoms with E-state index in [9.17, 15) is 23.1 Å². The van der Waals surface area contributed by atoms with Crippen LogP contribution in [0.2, 0.25) is 0 Å². The smallest absolute Gasteiger partial charge is 0.416 e. The molecule has 2 aliphatic carbocycles. The quantitative estimate of drug-likeness (QED) is 0.557. The minimum Gasteiger partial charge on any atom is -0.508 e. The van der Waals surface area contributed by atoms with Crippen LogP contribution < -0.4 is 0 Å². The molecule has 1 saturated heterocycles. The summed E-state index contributed by atoms with van der Waals surface area (Å²) in [6.45, 7) is 3.24. The Hall–Kier alpha value is -2.98. The first-order valence-electron chi connectivity index (χ1n) is 13.1. The van der Waals surface area contributed by atoms with E-state index in [-0.39, 0.29) is 23.1 Å². The molecule has 1 N–H and O–H groups in total. The second kappa shape index (κ2) is 10.1. The van der Waals surface area contributed by atoms with Gasteiger partial charge in [-0.15, -0.1) is 0 Å². The van der Waals surface area contributed by atoms with Crippen LogP contribution in [0.1, 0.15) is 55.2 Å². The largest absolute Gasteiger partial charge is 0.508 e. The summed E-state index contributed by atoms with van der Waals surface area (Å²) in [4.78, 5) is 17.3. The van der Waals surface area contributed by atoms with Gasteiger partial charge in [0.15, 0.2) is 0 Å². The van der Waals surface area contributed by atoms with Crippen LogP contribution in [0.15, 0.2) is 48.5 Å². The van der Waals surface area contributed by atoms with Gasteiger partial charge in [0.2, 0.25) is 0 Å². The minimum absolute atomic E-state index is 0.00277. The highest BCUT2D eigenvalue weighted by molar-refractivity contribution is 5.94. The average Bonchev–Trinajstić information content (AvgIpc) is 3.70. The number of fused-ring (bicyclic) bond motifs is 1. The summed E-state index contributed by atoms with van der Waals surface area (Å²) in [6.07, 6.45) is 1.94. The fourth-order valence-corrected chi connectivity index (χ4v) is 6.29. The Bertz CT molecular complexity index is 1200. The number of likely N-dealkylation sites (tertiary alicyclic amines) is 1. The molecule has 1 aliphatic heterocycles. The first kappa shape index (κ1) is 25.7. The first-order valence-corrected chi connectivity index (χ1v) is 13.1. The fourth-order valence-electron chi connectivity index (χ4n) is 6.29. The molecule has 3 atom stereocenters. The van der Waals surface area contributed by atoms with Crippen LogP contribution in [0.5, 0.6) is 5.75 Å². The lowest BCUT2D eigenvalue weighted by molar-refractivity contribution is -0.137. The summed E-state index contributed by atoms with van der Waals surface area (Å²) in [5, 5.41) is 10.3. The lowest BCUT2D eigenvalue weighted by Gasteiger charge is -2.54. The van der Waals surface area contributed by atoms with E-state index in [1.165, 1.54) is 31.5 Å². The summed E-state index contributed by atoms with van der Waals surface area (Å²) in [7, 11) is 1.77. The highest BCUT2D eigenvalue weighted by Crippen LogP contribution is 2.50. The van der Waals surface area contributed by atoms with E-state index in [1.54, 1.807) is 18.0 Å². The standard InChI is InChI=1S/C30H33F3N2O2/c1-34(28(37)14-9-21-7-10-23(11-8-21)30(31,32)33)26-13-12-25-20-35(19-22-5-6-22)16-15-29(25,18-26)24-3-2-4-27(36)17-24/h2-4,7-8,10-11,17,22,25-26,36H,5-6,12-13,15-16,18-20H2,1H3/t25-,26+,29+/m1/s1. The SMILES string of the molecule is CN(C(=O)C#Cc1ccc(C(F)(F)F)cc1)[C@H]1CC[C@@H]2CN(CC3CC3)CC[C@@]2(c2cccc(O)c2)C1. The normalized spacial score (nSPS) is 26.1. The molecule has 7 heteroatoms. The molecule has 3 fully saturated rings. The van der Waals surface area contributed by atoms with Crippen LogP contribution in [0, 0.1) is 23.7 Å². The van der Waals surface area contributed by atoms with Gasteiger partial charge in [-0.1, -0.05) is 18.1 Å². The van der Waals surface area contributed by atoms with Gasteiger partial charge in [0.05, 0.1) is 5.56 Å². The number of halogens is 3. The number of alkyl halides is 3. The Labute approximate surface area is 216 Å². The fraction of sp³-hybridized carbons (Fsp3) is 0.500. The van der Waals surface area contributed by atoms with Crippen molar-refractivity contribution in [3.05, 3.63) is 65.2 Å². The van der Waals surface area contributed by atoms with Gasteiger partial charge in [-0.05, 0) is 98.9 Å². The molecule has 0 unspecified atom stereocenters. The molecule has 37 heavy (non-hydrogen) atoms. The number of phenols is 1. The molecule has 2 aromatic carbocycles. The Balaban J connectivity index is 1.32. The number of piperidine rings is 1. The van der Waals surface area contributed by atoms with Crippen LogP contribution in [0.3, 0.4) is 0 Å². The van der Waals surface area contributed by atoms with Crippen LogP contribution in [-0.2, 0) is 16.4 Å². The van der Waals surface area contributed by atoms with Crippen molar-refractivity contribution >= 4 is 5.91 Å². The first-order chi connectivity index (χ1) is 17.6. The van der Waals surface area contributed by atoms with Crippen LogP contribution in [0.4, 0.5) is 13.2 Å². The van der Waals surface area contributed by atoms with Crippen molar-refractivity contribution in [3.8, 4) is 17.6 Å². The summed E-state index contributed by atoms with van der Waals surface area (Å²) >= 11 is 0. The molecule has 1 amide bonds. The third kappa shape index (κ3) is 5.65. The number of rotatable bonds is 4. The van der Waals surface area contributed by atoms with Crippen molar-refractivity contribution in [3.63, 3.8) is 0 Å². The van der Waals surface area contributed by atoms with Gasteiger partial charge in [-0.25, -0.2) is 0 Å². The topological polar surface area (TPSA) is 43.8 Å². The number of phenolic OH excluding ortho intramolecular Hbond substituents is 1. The van der Waals surface area contributed by atoms with Crippen molar-refractivity contribution in [2.45, 2.75) is 56.2 Å². The molecule has 196 valence electrons. The number of carbonyl (C=O) groups is 1. The van der Waals surface area contributed by atoms with Crippen LogP contribution in [-0.4, -0.2) is 53.5 Å². The monoisotopic (exact) mass is 510 g/mol. The lowest BCUT2D eigenvalue weighted by atomic mass is 9.57. The van der Waals surface area contributed by atoms with Gasteiger partial charge >= 0.3 is 6.18 Å². The van der Waals surface area contributed by atoms with Gasteiger partial charge in [0, 0.05) is 43.1 Å². The van der Waals surface area contributed by atoms with Crippen molar-refractivity contribution in [2.24, 2.45) is 11.8 Å². The van der Waals surface area contributed by atoms with Crippen LogP contribution >= 0.6 is 0 Å². The Kier molecular flexibility index (Phi) is 6.97. The molecule has 0 aromatic heterocycles. The van der Waals surface area contributed by atoms with Crippen molar-refractivity contribution in [2.75, 3.05) is 26.7 Å². The molecule has 4 nitrogen and oxygen atoms in total. The molecule has 1 heterocycles. The van der Waals surface area contributed by atoms with E-state index < -0.39 is 11.7 Å². The van der Waals surface area contributed by atoms with Gasteiger partial charge < -0.3 is 14.9 Å². The zero-order valence-corrected chi connectivity index (χ0v) is 21.1. The highest BCUT2D eigenvalue weighted by Gasteiger charge is 2.49. The summed E-state index contributed by atoms with van der Waals surface area (Å²) in [5.41, 5.74) is 0.665. The average molecular weight is 511 g/mol. The maximum atomic E-state index is 13.0. The number of hydrogen-bond donors (Lipinski definition) is 1. The van der Waals surface area contributed by atoms with E-state index in [2.05, 4.69) is 22.8 Å². The second-order valence-corrected chi connectivity index (χ2v) is 11.0. The lowest BCUT2D eigenvalue weighted by Crippen LogP contribution is -2.56. The molecular formula is C30H33F3N2O2. The minimum atomic E-state index is -4.40. The van der Waals surface area contributed by atoms with Crippen molar-refractivity contribution < 1.29 is 23.1 Å². The van der Waals surface area contributed by atoms with Gasteiger partial charge in [0.25, 0.3) is 5.91 Å². The van der Waals surface area contributed by atoms with Crippen molar-refractivity contribution in [1.29, 1.82) is 0 Å². The Morgan fingerprint density at radius 2 is 1.89 bits per heavy atom. The highest BCUT2D eigenvalue weighted by atomic mass is 19.4. The van der Waals surface area contributed by atoms with E-state index >= 15 is 0 Å². The van der Waals surface area contributed by atoms with Gasteiger partial charge in [0.1, 0.15) is 5.75 Å². The number of aromatic hydroxyl groups is 1. The van der Waals surface area contributed by atoms with Gasteiger partial charge in [-0.2, -0.15) is 13.2 Å². The maximum Gasteiger partial charge on any atom is 0.416 e. The number of amides is 1. The predicted octanol–water partition coefficient (Wildman–Crippen LogP) is 5.44. The third-order valence-corrected chi connectivity index (χ3v) is 8.61. The van der Waals surface area contributed by atoms with E-state index in [0.717, 1.165) is 62.4 Å². The molecule has 2 aromatic rings. The van der Waals surface area contributed by atoms with E-state index in [1.807, 2.05) is 12.1 Å². The predicted molar refractivity (Wildman–Crippen MR) is 136 cm³/mol. The molecule has 0 spiro atoms. The number of benzene rings is 2. The molecule has 3 aliphatic rings. The molecule has 5 rings (SSSR count). The number of hydrogen-bond acceptors (Lipinski definition) is 3. The summed E-state index contributed by atoms with van der Waals surface area (Å²) in [5.74, 6) is 6.59. The number of nitrogens with zero attached hydrogens (tertiary/aromatic N) is 2. The Morgan fingerprint density at radius 3 is 2.57 bits per heavy atom. The van der Waals surface area contributed by atoms with E-state index in [0.29, 0.717) is 11.5 Å². The van der Waals surface area contributed by atoms with E-state index in [4.69, 9.17) is 0 Å². The van der Waals surface area contributed by atoms with Crippen molar-refractivity contribution in [1.82, 2.24) is 9.80 Å². The molecule has 0 radical (unpaired) electrons. The molecule has 0 bridgehead atoms. The zero-order valence-electron chi connectivity index (χ0n) is 21.1. The molecule has 2 saturated carbocycles. The molecular weight excluding hydrogens is 477 g/mol. The third-order valence-electron chi connectivity index (χ3n) is 8.61. The van der Waals surface area contributed by atoms with Gasteiger partial charge in [-0.3, -0.25) is 4.79 Å². The van der Waals surface area contributed by atoms with Crippen LogP contribution in [0.25, 0.3) is 0 Å². The summed E-state index contributed by atoms with van der Waals surface area (Å²) < 4.78 is 38.4. The Morgan fingerprint density at radius 1 is 1.14 bits per heavy atom.